The molecular formula is C18H15ClN2O3. The van der Waals surface area contributed by atoms with Gasteiger partial charge in [-0.05, 0) is 42.3 Å². The van der Waals surface area contributed by atoms with E-state index in [1.165, 1.54) is 10.9 Å². The molecule has 0 aliphatic heterocycles. The number of hydrogen-bond acceptors (Lipinski definition) is 4. The third-order valence-corrected chi connectivity index (χ3v) is 4.03. The van der Waals surface area contributed by atoms with Crippen molar-refractivity contribution in [2.75, 3.05) is 0 Å². The lowest BCUT2D eigenvalue weighted by Crippen LogP contribution is -2.26. The number of fused-ring (bicyclic) bond motifs is 1. The van der Waals surface area contributed by atoms with Crippen molar-refractivity contribution >= 4 is 28.5 Å². The van der Waals surface area contributed by atoms with Crippen LogP contribution in [0, 0.1) is 0 Å². The zero-order chi connectivity index (χ0) is 17.1. The molecule has 0 aliphatic carbocycles. The molecule has 0 radical (unpaired) electrons. The molecule has 1 aromatic heterocycles. The Kier molecular flexibility index (Phi) is 4.62. The highest BCUT2D eigenvalue weighted by molar-refractivity contribution is 6.31. The number of ether oxygens (including phenoxy) is 1. The Balaban J connectivity index is 1.80. The van der Waals surface area contributed by atoms with E-state index in [4.69, 9.17) is 16.3 Å². The fourth-order valence-electron chi connectivity index (χ4n) is 2.41. The predicted molar refractivity (Wildman–Crippen MR) is 92.5 cm³/mol. The van der Waals surface area contributed by atoms with E-state index in [2.05, 4.69) is 4.98 Å². The Morgan fingerprint density at radius 1 is 1.25 bits per heavy atom. The molecule has 0 N–H and O–H groups in total. The molecule has 0 saturated heterocycles. The summed E-state index contributed by atoms with van der Waals surface area (Å²) in [5.41, 5.74) is 1.21. The van der Waals surface area contributed by atoms with Crippen molar-refractivity contribution < 1.29 is 9.53 Å². The molecule has 0 unspecified atom stereocenters. The van der Waals surface area contributed by atoms with Gasteiger partial charge in [0.15, 0.2) is 0 Å². The SMILES string of the molecule is CCc1cc(OC(=O)Cn2cnc3ccccc3c2=O)ccc1Cl. The van der Waals surface area contributed by atoms with Crippen molar-refractivity contribution in [1.82, 2.24) is 9.55 Å². The van der Waals surface area contributed by atoms with Crippen molar-refractivity contribution in [3.63, 3.8) is 0 Å². The predicted octanol–water partition coefficient (Wildman–Crippen LogP) is 3.22. The first kappa shape index (κ1) is 16.2. The van der Waals surface area contributed by atoms with Gasteiger partial charge in [0.1, 0.15) is 12.3 Å². The molecule has 1 heterocycles. The number of para-hydroxylation sites is 1. The number of aryl methyl sites for hydroxylation is 1. The van der Waals surface area contributed by atoms with Crippen LogP contribution in [0.4, 0.5) is 0 Å². The standard InChI is InChI=1S/C18H15ClN2O3/c1-2-12-9-13(7-8-15(12)19)24-17(22)10-21-11-20-16-6-4-3-5-14(16)18(21)23/h3-9,11H,2,10H2,1H3. The van der Waals surface area contributed by atoms with Gasteiger partial charge in [-0.3, -0.25) is 9.36 Å². The van der Waals surface area contributed by atoms with Gasteiger partial charge in [-0.25, -0.2) is 9.78 Å². The summed E-state index contributed by atoms with van der Waals surface area (Å²) in [4.78, 5) is 28.7. The molecule has 122 valence electrons. The topological polar surface area (TPSA) is 61.2 Å². The molecule has 0 spiro atoms. The van der Waals surface area contributed by atoms with Gasteiger partial charge < -0.3 is 4.74 Å². The monoisotopic (exact) mass is 342 g/mol. The number of benzene rings is 2. The highest BCUT2D eigenvalue weighted by atomic mass is 35.5. The number of carbonyl (C=O) groups is 1. The minimum Gasteiger partial charge on any atom is -0.425 e. The zero-order valence-electron chi connectivity index (χ0n) is 13.0. The first-order valence-electron chi connectivity index (χ1n) is 7.51. The highest BCUT2D eigenvalue weighted by Gasteiger charge is 2.11. The van der Waals surface area contributed by atoms with Crippen LogP contribution in [0.15, 0.2) is 53.6 Å². The van der Waals surface area contributed by atoms with Gasteiger partial charge in [-0.15, -0.1) is 0 Å². The van der Waals surface area contributed by atoms with Crippen LogP contribution in [0.1, 0.15) is 12.5 Å². The van der Waals surface area contributed by atoms with Crippen LogP contribution in [0.3, 0.4) is 0 Å². The Labute approximate surface area is 143 Å². The molecule has 5 nitrogen and oxygen atoms in total. The van der Waals surface area contributed by atoms with Crippen LogP contribution in [0.2, 0.25) is 5.02 Å². The number of hydrogen-bond donors (Lipinski definition) is 0. The summed E-state index contributed by atoms with van der Waals surface area (Å²) in [5.74, 6) is -0.137. The molecule has 0 atom stereocenters. The third kappa shape index (κ3) is 3.31. The molecule has 0 amide bonds. The first-order valence-corrected chi connectivity index (χ1v) is 7.89. The number of rotatable bonds is 4. The Bertz CT molecular complexity index is 966. The molecule has 24 heavy (non-hydrogen) atoms. The third-order valence-electron chi connectivity index (χ3n) is 3.66. The summed E-state index contributed by atoms with van der Waals surface area (Å²) >= 11 is 6.04. The van der Waals surface area contributed by atoms with Gasteiger partial charge in [-0.2, -0.15) is 0 Å². The number of halogens is 1. The van der Waals surface area contributed by atoms with E-state index in [9.17, 15) is 9.59 Å². The van der Waals surface area contributed by atoms with Gasteiger partial charge in [0.2, 0.25) is 0 Å². The van der Waals surface area contributed by atoms with Gasteiger partial charge in [-0.1, -0.05) is 30.7 Å². The molecular weight excluding hydrogens is 328 g/mol. The lowest BCUT2D eigenvalue weighted by molar-refractivity contribution is -0.135. The molecule has 3 aromatic rings. The quantitative estimate of drug-likeness (QED) is 0.539. The minimum absolute atomic E-state index is 0.208. The molecule has 0 saturated carbocycles. The van der Waals surface area contributed by atoms with E-state index in [1.54, 1.807) is 42.5 Å². The van der Waals surface area contributed by atoms with E-state index in [-0.39, 0.29) is 12.1 Å². The smallest absolute Gasteiger partial charge is 0.331 e. The van der Waals surface area contributed by atoms with Gasteiger partial charge in [0.05, 0.1) is 17.2 Å². The lowest BCUT2D eigenvalue weighted by atomic mass is 10.1. The summed E-state index contributed by atoms with van der Waals surface area (Å²) in [7, 11) is 0. The summed E-state index contributed by atoms with van der Waals surface area (Å²) in [5, 5.41) is 1.10. The van der Waals surface area contributed by atoms with Crippen molar-refractivity contribution in [2.24, 2.45) is 0 Å². The zero-order valence-corrected chi connectivity index (χ0v) is 13.8. The highest BCUT2D eigenvalue weighted by Crippen LogP contribution is 2.22. The van der Waals surface area contributed by atoms with Crippen LogP contribution in [-0.4, -0.2) is 15.5 Å². The van der Waals surface area contributed by atoms with Crippen LogP contribution in [0.25, 0.3) is 10.9 Å². The summed E-state index contributed by atoms with van der Waals surface area (Å²) in [6.45, 7) is 1.76. The van der Waals surface area contributed by atoms with Crippen LogP contribution < -0.4 is 10.3 Å². The first-order chi connectivity index (χ1) is 11.6. The summed E-state index contributed by atoms with van der Waals surface area (Å²) in [6.07, 6.45) is 2.09. The van der Waals surface area contributed by atoms with Crippen LogP contribution in [0.5, 0.6) is 5.75 Å². The Morgan fingerprint density at radius 2 is 2.04 bits per heavy atom. The molecule has 0 aliphatic rings. The Morgan fingerprint density at radius 3 is 2.83 bits per heavy atom. The maximum absolute atomic E-state index is 12.4. The van der Waals surface area contributed by atoms with E-state index < -0.39 is 5.97 Å². The average molecular weight is 343 g/mol. The van der Waals surface area contributed by atoms with Crippen molar-refractivity contribution in [2.45, 2.75) is 19.9 Å². The average Bonchev–Trinajstić information content (AvgIpc) is 2.59. The minimum atomic E-state index is -0.543. The number of carbonyl (C=O) groups excluding carboxylic acids is 1. The second-order valence-corrected chi connectivity index (χ2v) is 5.68. The number of nitrogens with zero attached hydrogens (tertiary/aromatic N) is 2. The van der Waals surface area contributed by atoms with Crippen LogP contribution >= 0.6 is 11.6 Å². The van der Waals surface area contributed by atoms with Gasteiger partial charge in [0.25, 0.3) is 5.56 Å². The molecule has 0 bridgehead atoms. The largest absolute Gasteiger partial charge is 0.425 e. The maximum Gasteiger partial charge on any atom is 0.331 e. The molecule has 0 fully saturated rings. The van der Waals surface area contributed by atoms with Gasteiger partial charge in [0, 0.05) is 5.02 Å². The normalized spacial score (nSPS) is 10.8. The number of aromatic nitrogens is 2. The van der Waals surface area contributed by atoms with E-state index in [0.29, 0.717) is 21.7 Å². The summed E-state index contributed by atoms with van der Waals surface area (Å²) < 4.78 is 6.54. The molecule has 2 aromatic carbocycles. The van der Waals surface area contributed by atoms with E-state index >= 15 is 0 Å². The Hall–Kier alpha value is -2.66. The summed E-state index contributed by atoms with van der Waals surface area (Å²) in [6, 6.07) is 12.0. The lowest BCUT2D eigenvalue weighted by Gasteiger charge is -2.09. The van der Waals surface area contributed by atoms with Crippen molar-refractivity contribution in [3.8, 4) is 5.75 Å². The van der Waals surface area contributed by atoms with Gasteiger partial charge >= 0.3 is 5.97 Å². The van der Waals surface area contributed by atoms with Crippen molar-refractivity contribution in [1.29, 1.82) is 0 Å². The fraction of sp³-hybridized carbons (Fsp3) is 0.167. The number of esters is 1. The van der Waals surface area contributed by atoms with Crippen LogP contribution in [-0.2, 0) is 17.8 Å². The second kappa shape index (κ2) is 6.84. The van der Waals surface area contributed by atoms with E-state index in [1.807, 2.05) is 6.92 Å². The molecule has 6 heteroatoms. The molecule has 3 rings (SSSR count). The maximum atomic E-state index is 12.4. The van der Waals surface area contributed by atoms with E-state index in [0.717, 1.165) is 12.0 Å². The van der Waals surface area contributed by atoms with Crippen molar-refractivity contribution in [3.05, 3.63) is 69.7 Å². The fourth-order valence-corrected chi connectivity index (χ4v) is 2.66. The second-order valence-electron chi connectivity index (χ2n) is 5.28.